The van der Waals surface area contributed by atoms with Gasteiger partial charge in [0.05, 0.1) is 5.69 Å². The van der Waals surface area contributed by atoms with E-state index in [1.165, 1.54) is 0 Å². The lowest BCUT2D eigenvalue weighted by Crippen LogP contribution is -2.14. The number of hydrogen-bond donors (Lipinski definition) is 1. The molecule has 0 unspecified atom stereocenters. The quantitative estimate of drug-likeness (QED) is 0.511. The topological polar surface area (TPSA) is 43.8 Å². The number of rotatable bonds is 5. The second-order valence-corrected chi connectivity index (χ2v) is 5.09. The molecule has 2 aromatic carbocycles. The fourth-order valence-electron chi connectivity index (χ4n) is 2.50. The molecule has 3 rings (SSSR count). The molecule has 0 aliphatic rings. The van der Waals surface area contributed by atoms with Crippen LogP contribution in [0.3, 0.4) is 0 Å². The monoisotopic (exact) mass is 292 g/mol. The maximum Gasteiger partial charge on any atom is 0.121 e. The van der Waals surface area contributed by atoms with E-state index < -0.39 is 0 Å². The molecule has 1 aromatic heterocycles. The lowest BCUT2D eigenvalue weighted by Gasteiger charge is -2.11. The maximum absolute atomic E-state index is 4.53. The third-order valence-electron chi connectivity index (χ3n) is 3.74. The van der Waals surface area contributed by atoms with E-state index in [9.17, 15) is 0 Å². The number of hydrogen-bond acceptors (Lipinski definition) is 2. The first-order valence-electron chi connectivity index (χ1n) is 7.66. The van der Waals surface area contributed by atoms with E-state index in [1.807, 2.05) is 35.3 Å². The third kappa shape index (κ3) is 2.72. The van der Waals surface area contributed by atoms with E-state index in [-0.39, 0.29) is 0 Å². The normalized spacial score (nSPS) is 11.4. The molecule has 0 amide bonds. The van der Waals surface area contributed by atoms with Gasteiger partial charge < -0.3 is 4.98 Å². The molecule has 0 aliphatic carbocycles. The number of nitrogens with zero attached hydrogens (tertiary/aromatic N) is 3. The van der Waals surface area contributed by atoms with Crippen molar-refractivity contribution in [1.82, 2.24) is 9.99 Å². The van der Waals surface area contributed by atoms with E-state index in [0.717, 1.165) is 40.9 Å². The molecule has 0 aliphatic heterocycles. The Kier molecular flexibility index (Phi) is 4.19. The average Bonchev–Trinajstić information content (AvgIpc) is 2.95. The number of aromatic nitrogens is 1. The Hall–Kier alpha value is -2.62. The summed E-state index contributed by atoms with van der Waals surface area (Å²) in [6.07, 6.45) is 0. The van der Waals surface area contributed by atoms with Gasteiger partial charge in [-0.15, -0.1) is 5.11 Å². The summed E-state index contributed by atoms with van der Waals surface area (Å²) in [5.41, 5.74) is 4.11. The van der Waals surface area contributed by atoms with Crippen molar-refractivity contribution < 1.29 is 0 Å². The van der Waals surface area contributed by atoms with Crippen molar-refractivity contribution in [2.45, 2.75) is 13.8 Å². The Morgan fingerprint density at radius 1 is 0.909 bits per heavy atom. The Bertz CT molecular complexity index is 770. The molecule has 1 N–H and O–H groups in total. The molecule has 0 fully saturated rings. The van der Waals surface area contributed by atoms with Gasteiger partial charge in [0.15, 0.2) is 0 Å². The second-order valence-electron chi connectivity index (χ2n) is 5.09. The number of H-pyrrole nitrogens is 1. The largest absolute Gasteiger partial charge is 0.353 e. The lowest BCUT2D eigenvalue weighted by molar-refractivity contribution is 0.301. The van der Waals surface area contributed by atoms with Crippen LogP contribution < -0.4 is 0 Å². The van der Waals surface area contributed by atoms with Gasteiger partial charge in [-0.3, -0.25) is 5.01 Å². The van der Waals surface area contributed by atoms with Crippen molar-refractivity contribution >= 4 is 16.6 Å². The summed E-state index contributed by atoms with van der Waals surface area (Å²) in [7, 11) is 0. The first kappa shape index (κ1) is 14.3. The zero-order valence-electron chi connectivity index (χ0n) is 13.0. The summed E-state index contributed by atoms with van der Waals surface area (Å²) in [5, 5.41) is 11.9. The molecule has 0 saturated heterocycles. The van der Waals surface area contributed by atoms with Crippen molar-refractivity contribution in [3.8, 4) is 11.3 Å². The fraction of sp³-hybridized carbons (Fsp3) is 0.222. The van der Waals surface area contributed by atoms with Crippen molar-refractivity contribution in [3.63, 3.8) is 0 Å². The standard InChI is InChI=1S/C18H20N4/c1-3-22(4-2)21-20-18-15-12-8-9-13-16(15)19-17(18)14-10-6-5-7-11-14/h5-13,19H,3-4H2,1-2H3. The van der Waals surface area contributed by atoms with Crippen molar-refractivity contribution in [2.75, 3.05) is 13.1 Å². The van der Waals surface area contributed by atoms with Gasteiger partial charge in [0, 0.05) is 29.6 Å². The summed E-state index contributed by atoms with van der Waals surface area (Å²) in [6.45, 7) is 5.86. The van der Waals surface area contributed by atoms with Crippen LogP contribution in [-0.4, -0.2) is 23.1 Å². The number of para-hydroxylation sites is 1. The molecule has 4 heteroatoms. The molecule has 22 heavy (non-hydrogen) atoms. The van der Waals surface area contributed by atoms with Crippen LogP contribution in [0.1, 0.15) is 13.8 Å². The van der Waals surface area contributed by atoms with E-state index in [0.29, 0.717) is 0 Å². The predicted molar refractivity (Wildman–Crippen MR) is 91.2 cm³/mol. The van der Waals surface area contributed by atoms with Crippen LogP contribution in [0.15, 0.2) is 64.9 Å². The number of aromatic amines is 1. The summed E-state index contributed by atoms with van der Waals surface area (Å²) < 4.78 is 0. The van der Waals surface area contributed by atoms with Crippen molar-refractivity contribution in [1.29, 1.82) is 0 Å². The fourth-order valence-corrected chi connectivity index (χ4v) is 2.50. The SMILES string of the molecule is CCN(CC)N=Nc1c(-c2ccccc2)[nH]c2ccccc12. The number of fused-ring (bicyclic) bond motifs is 1. The van der Waals surface area contributed by atoms with Gasteiger partial charge in [0.1, 0.15) is 5.69 Å². The van der Waals surface area contributed by atoms with Crippen LogP contribution in [0, 0.1) is 0 Å². The van der Waals surface area contributed by atoms with E-state index >= 15 is 0 Å². The molecule has 1 heterocycles. The zero-order valence-corrected chi connectivity index (χ0v) is 13.0. The van der Waals surface area contributed by atoms with Crippen LogP contribution in [0.2, 0.25) is 0 Å². The van der Waals surface area contributed by atoms with Crippen LogP contribution >= 0.6 is 0 Å². The molecule has 0 atom stereocenters. The van der Waals surface area contributed by atoms with E-state index in [4.69, 9.17) is 0 Å². The van der Waals surface area contributed by atoms with Gasteiger partial charge in [0.25, 0.3) is 0 Å². The van der Waals surface area contributed by atoms with Crippen LogP contribution in [0.25, 0.3) is 22.2 Å². The lowest BCUT2D eigenvalue weighted by atomic mass is 10.1. The molecular weight excluding hydrogens is 272 g/mol. The van der Waals surface area contributed by atoms with E-state index in [2.05, 4.69) is 53.4 Å². The van der Waals surface area contributed by atoms with Crippen molar-refractivity contribution in [3.05, 3.63) is 54.6 Å². The smallest absolute Gasteiger partial charge is 0.121 e. The van der Waals surface area contributed by atoms with Gasteiger partial charge in [-0.05, 0) is 19.9 Å². The first-order valence-corrected chi connectivity index (χ1v) is 7.66. The van der Waals surface area contributed by atoms with Gasteiger partial charge in [-0.1, -0.05) is 53.8 Å². The molecular formula is C18H20N4. The molecule has 4 nitrogen and oxygen atoms in total. The summed E-state index contributed by atoms with van der Waals surface area (Å²) in [6, 6.07) is 18.5. The molecule has 0 radical (unpaired) electrons. The Morgan fingerprint density at radius 2 is 1.59 bits per heavy atom. The minimum Gasteiger partial charge on any atom is -0.353 e. The maximum atomic E-state index is 4.53. The summed E-state index contributed by atoms with van der Waals surface area (Å²) in [5.74, 6) is 0. The first-order chi connectivity index (χ1) is 10.8. The average molecular weight is 292 g/mol. The van der Waals surface area contributed by atoms with Gasteiger partial charge in [-0.25, -0.2) is 0 Å². The zero-order chi connectivity index (χ0) is 15.4. The Balaban J connectivity index is 2.13. The van der Waals surface area contributed by atoms with Gasteiger partial charge in [0.2, 0.25) is 0 Å². The second kappa shape index (κ2) is 6.43. The summed E-state index contributed by atoms with van der Waals surface area (Å²) >= 11 is 0. The van der Waals surface area contributed by atoms with Crippen LogP contribution in [0.5, 0.6) is 0 Å². The van der Waals surface area contributed by atoms with Gasteiger partial charge in [-0.2, -0.15) is 0 Å². The highest BCUT2D eigenvalue weighted by Gasteiger charge is 2.12. The minimum atomic E-state index is 0.850. The summed E-state index contributed by atoms with van der Waals surface area (Å²) in [4.78, 5) is 3.47. The van der Waals surface area contributed by atoms with Crippen molar-refractivity contribution in [2.24, 2.45) is 10.3 Å². The third-order valence-corrected chi connectivity index (χ3v) is 3.74. The Morgan fingerprint density at radius 3 is 2.32 bits per heavy atom. The van der Waals surface area contributed by atoms with Crippen LogP contribution in [-0.2, 0) is 0 Å². The highest BCUT2D eigenvalue weighted by molar-refractivity contribution is 5.99. The molecule has 112 valence electrons. The van der Waals surface area contributed by atoms with Gasteiger partial charge >= 0.3 is 0 Å². The number of benzene rings is 2. The minimum absolute atomic E-state index is 0.850. The molecule has 0 spiro atoms. The molecule has 0 bridgehead atoms. The Labute approximate surface area is 130 Å². The predicted octanol–water partition coefficient (Wildman–Crippen LogP) is 5.18. The highest BCUT2D eigenvalue weighted by atomic mass is 15.5. The molecule has 3 aromatic rings. The van der Waals surface area contributed by atoms with E-state index in [1.54, 1.807) is 0 Å². The molecule has 0 saturated carbocycles. The van der Waals surface area contributed by atoms with Crippen LogP contribution in [0.4, 0.5) is 5.69 Å². The highest BCUT2D eigenvalue weighted by Crippen LogP contribution is 2.37. The number of nitrogens with one attached hydrogen (secondary N) is 1.